The Morgan fingerprint density at radius 1 is 1.41 bits per heavy atom. The summed E-state index contributed by atoms with van der Waals surface area (Å²) in [5.74, 6) is -0.980. The van der Waals surface area contributed by atoms with Crippen molar-refractivity contribution in [2.45, 2.75) is 25.1 Å². The summed E-state index contributed by atoms with van der Waals surface area (Å²) in [6, 6.07) is 8.90. The molecule has 2 aromatic rings. The van der Waals surface area contributed by atoms with Gasteiger partial charge >= 0.3 is 5.97 Å². The first kappa shape index (κ1) is 15.5. The van der Waals surface area contributed by atoms with E-state index in [0.717, 1.165) is 10.4 Å². The van der Waals surface area contributed by atoms with Gasteiger partial charge in [-0.05, 0) is 30.0 Å². The number of hydrogen-bond acceptors (Lipinski definition) is 4. The van der Waals surface area contributed by atoms with E-state index in [2.05, 4.69) is 0 Å². The van der Waals surface area contributed by atoms with E-state index >= 15 is 0 Å². The zero-order valence-electron chi connectivity index (χ0n) is 12.0. The van der Waals surface area contributed by atoms with Crippen molar-refractivity contribution in [3.63, 3.8) is 0 Å². The summed E-state index contributed by atoms with van der Waals surface area (Å²) in [4.78, 5) is 14.7. The number of carboxylic acids is 1. The molecule has 3 rings (SSSR count). The third-order valence-electron chi connectivity index (χ3n) is 4.29. The van der Waals surface area contributed by atoms with Gasteiger partial charge in [0.05, 0.1) is 0 Å². The summed E-state index contributed by atoms with van der Waals surface area (Å²) in [5, 5.41) is 22.5. The van der Waals surface area contributed by atoms with Gasteiger partial charge in [-0.1, -0.05) is 29.8 Å². The van der Waals surface area contributed by atoms with Gasteiger partial charge in [-0.3, -0.25) is 4.90 Å². The Kier molecular flexibility index (Phi) is 3.99. The van der Waals surface area contributed by atoms with E-state index < -0.39 is 17.6 Å². The van der Waals surface area contributed by atoms with Gasteiger partial charge in [0.2, 0.25) is 0 Å². The lowest BCUT2D eigenvalue weighted by Gasteiger charge is -2.42. The van der Waals surface area contributed by atoms with Gasteiger partial charge in [0.25, 0.3) is 0 Å². The monoisotopic (exact) mass is 337 g/mol. The summed E-state index contributed by atoms with van der Waals surface area (Å²) < 4.78 is 0. The number of carboxylic acid groups (broad SMARTS) is 1. The van der Waals surface area contributed by atoms with E-state index in [9.17, 15) is 15.0 Å². The summed E-state index contributed by atoms with van der Waals surface area (Å²) in [7, 11) is 0. The molecular formula is C16H16ClNO3S. The number of aliphatic hydroxyl groups is 1. The molecule has 22 heavy (non-hydrogen) atoms. The Balaban J connectivity index is 2.07. The third-order valence-corrected chi connectivity index (χ3v) is 5.68. The van der Waals surface area contributed by atoms with Crippen LogP contribution in [0.25, 0.3) is 0 Å². The minimum atomic E-state index is -1.29. The van der Waals surface area contributed by atoms with Crippen molar-refractivity contribution in [1.29, 1.82) is 0 Å². The van der Waals surface area contributed by atoms with Gasteiger partial charge in [-0.2, -0.15) is 0 Å². The van der Waals surface area contributed by atoms with Crippen LogP contribution in [0.15, 0.2) is 35.7 Å². The van der Waals surface area contributed by atoms with Crippen molar-refractivity contribution >= 4 is 28.9 Å². The zero-order chi connectivity index (χ0) is 15.9. The van der Waals surface area contributed by atoms with Crippen LogP contribution < -0.4 is 0 Å². The van der Waals surface area contributed by atoms with Gasteiger partial charge in [-0.25, -0.2) is 4.79 Å². The van der Waals surface area contributed by atoms with Crippen LogP contribution in [0.2, 0.25) is 5.02 Å². The number of halogens is 1. The highest BCUT2D eigenvalue weighted by molar-refractivity contribution is 7.10. The maximum absolute atomic E-state index is 12.1. The summed E-state index contributed by atoms with van der Waals surface area (Å²) in [6.07, 6.45) is -0.676. The fourth-order valence-corrected chi connectivity index (χ4v) is 4.16. The molecule has 2 heterocycles. The number of fused-ring (bicyclic) bond motifs is 1. The fraction of sp³-hybridized carbons (Fsp3) is 0.312. The Morgan fingerprint density at radius 3 is 2.82 bits per heavy atom. The molecule has 1 aliphatic heterocycles. The molecule has 0 amide bonds. The lowest BCUT2D eigenvalue weighted by atomic mass is 9.87. The van der Waals surface area contributed by atoms with E-state index in [1.807, 2.05) is 11.4 Å². The SMILES string of the molecule is C[C@@](C(=O)O)(c1ccccc1Cl)N1Cc2ccsc2C(O)C1. The first-order chi connectivity index (χ1) is 10.4. The van der Waals surface area contributed by atoms with Crippen LogP contribution in [0.1, 0.15) is 29.0 Å². The lowest BCUT2D eigenvalue weighted by molar-refractivity contribution is -0.153. The number of rotatable bonds is 3. The average Bonchev–Trinajstić information content (AvgIpc) is 2.95. The first-order valence-corrected chi connectivity index (χ1v) is 8.18. The van der Waals surface area contributed by atoms with Crippen molar-refractivity contribution < 1.29 is 15.0 Å². The van der Waals surface area contributed by atoms with Crippen molar-refractivity contribution in [2.75, 3.05) is 6.54 Å². The molecule has 2 atom stereocenters. The Hall–Kier alpha value is -1.40. The van der Waals surface area contributed by atoms with Crippen molar-refractivity contribution in [3.8, 4) is 0 Å². The zero-order valence-corrected chi connectivity index (χ0v) is 13.6. The number of aliphatic carboxylic acids is 1. The quantitative estimate of drug-likeness (QED) is 0.902. The predicted octanol–water partition coefficient (Wildman–Crippen LogP) is 3.25. The molecule has 0 aliphatic carbocycles. The molecule has 1 unspecified atom stereocenters. The van der Waals surface area contributed by atoms with E-state index in [0.29, 0.717) is 17.1 Å². The second-order valence-electron chi connectivity index (χ2n) is 5.56. The molecule has 0 radical (unpaired) electrons. The van der Waals surface area contributed by atoms with E-state index in [4.69, 9.17) is 11.6 Å². The van der Waals surface area contributed by atoms with E-state index in [1.54, 1.807) is 36.1 Å². The van der Waals surface area contributed by atoms with Crippen molar-refractivity contribution in [3.05, 3.63) is 56.7 Å². The van der Waals surface area contributed by atoms with Crippen LogP contribution in [0.5, 0.6) is 0 Å². The Labute approximate surface area is 137 Å². The molecule has 1 aromatic carbocycles. The number of nitrogens with zero attached hydrogens (tertiary/aromatic N) is 1. The molecule has 0 saturated carbocycles. The molecule has 0 saturated heterocycles. The molecule has 6 heteroatoms. The third kappa shape index (κ3) is 2.34. The van der Waals surface area contributed by atoms with E-state index in [1.165, 1.54) is 11.3 Å². The molecule has 1 aromatic heterocycles. The molecule has 116 valence electrons. The topological polar surface area (TPSA) is 60.8 Å². The highest BCUT2D eigenvalue weighted by Gasteiger charge is 2.45. The minimum Gasteiger partial charge on any atom is -0.480 e. The van der Waals surface area contributed by atoms with Gasteiger partial charge in [-0.15, -0.1) is 11.3 Å². The van der Waals surface area contributed by atoms with Gasteiger partial charge in [0.15, 0.2) is 0 Å². The summed E-state index contributed by atoms with van der Waals surface area (Å²) in [6.45, 7) is 2.38. The minimum absolute atomic E-state index is 0.265. The van der Waals surface area contributed by atoms with Crippen LogP contribution in [0.4, 0.5) is 0 Å². The van der Waals surface area contributed by atoms with Gasteiger partial charge in [0, 0.05) is 28.6 Å². The standard InChI is InChI=1S/C16H16ClNO3S/c1-16(15(20)21,11-4-2-3-5-12(11)17)18-8-10-6-7-22-14(10)13(19)9-18/h2-7,13,19H,8-9H2,1H3,(H,20,21)/t13?,16-/m0/s1. The highest BCUT2D eigenvalue weighted by Crippen LogP contribution is 2.40. The largest absolute Gasteiger partial charge is 0.480 e. The number of aliphatic hydroxyl groups excluding tert-OH is 1. The van der Waals surface area contributed by atoms with Crippen LogP contribution in [-0.4, -0.2) is 27.6 Å². The van der Waals surface area contributed by atoms with Gasteiger partial charge < -0.3 is 10.2 Å². The number of benzene rings is 1. The average molecular weight is 338 g/mol. The molecular weight excluding hydrogens is 322 g/mol. The highest BCUT2D eigenvalue weighted by atomic mass is 35.5. The van der Waals surface area contributed by atoms with Crippen molar-refractivity contribution in [1.82, 2.24) is 4.90 Å². The maximum atomic E-state index is 12.1. The lowest BCUT2D eigenvalue weighted by Crippen LogP contribution is -2.52. The molecule has 0 bridgehead atoms. The fourth-order valence-electron chi connectivity index (χ4n) is 2.95. The molecule has 4 nitrogen and oxygen atoms in total. The maximum Gasteiger partial charge on any atom is 0.328 e. The molecule has 0 spiro atoms. The molecule has 1 aliphatic rings. The Morgan fingerprint density at radius 2 is 2.14 bits per heavy atom. The Bertz CT molecular complexity index is 717. The number of hydrogen-bond donors (Lipinski definition) is 2. The smallest absolute Gasteiger partial charge is 0.328 e. The van der Waals surface area contributed by atoms with Crippen LogP contribution in [-0.2, 0) is 16.9 Å². The van der Waals surface area contributed by atoms with Gasteiger partial charge in [0.1, 0.15) is 11.6 Å². The summed E-state index contributed by atoms with van der Waals surface area (Å²) in [5.41, 5.74) is 0.220. The number of thiophene rings is 1. The van der Waals surface area contributed by atoms with E-state index in [-0.39, 0.29) is 6.54 Å². The molecule has 0 fully saturated rings. The molecule has 2 N–H and O–H groups in total. The second kappa shape index (κ2) is 5.66. The van der Waals surface area contributed by atoms with Crippen LogP contribution in [0, 0.1) is 0 Å². The van der Waals surface area contributed by atoms with Crippen LogP contribution in [0.3, 0.4) is 0 Å². The normalized spacial score (nSPS) is 21.1. The summed E-state index contributed by atoms with van der Waals surface area (Å²) >= 11 is 7.74. The second-order valence-corrected chi connectivity index (χ2v) is 6.92. The number of β-amino-alcohol motifs (C(OH)–C–C–N with tert-alkyl or cyclic N) is 1. The van der Waals surface area contributed by atoms with Crippen LogP contribution >= 0.6 is 22.9 Å². The first-order valence-electron chi connectivity index (χ1n) is 6.92. The predicted molar refractivity (Wildman–Crippen MR) is 86.1 cm³/mol. The number of carbonyl (C=O) groups is 1. The van der Waals surface area contributed by atoms with Crippen molar-refractivity contribution in [2.24, 2.45) is 0 Å².